The van der Waals surface area contributed by atoms with Gasteiger partial charge in [0, 0.05) is 18.0 Å². The van der Waals surface area contributed by atoms with Crippen LogP contribution in [0.25, 0.3) is 11.1 Å². The van der Waals surface area contributed by atoms with Crippen LogP contribution >= 0.6 is 34.8 Å². The molecule has 1 aromatic heterocycles. The van der Waals surface area contributed by atoms with Crippen molar-refractivity contribution in [1.82, 2.24) is 4.98 Å². The first kappa shape index (κ1) is 12.5. The SMILES string of the molecule is COc1c(Cl)cncc1-c1ccc(Cl)c(Cl)c1. The molecule has 88 valence electrons. The zero-order chi connectivity index (χ0) is 12.4. The third kappa shape index (κ3) is 2.49. The van der Waals surface area contributed by atoms with Crippen molar-refractivity contribution in [2.75, 3.05) is 7.11 Å². The Labute approximate surface area is 114 Å². The molecule has 2 aromatic rings. The summed E-state index contributed by atoms with van der Waals surface area (Å²) in [6, 6.07) is 5.31. The lowest BCUT2D eigenvalue weighted by atomic mass is 10.1. The van der Waals surface area contributed by atoms with E-state index in [-0.39, 0.29) is 0 Å². The van der Waals surface area contributed by atoms with Crippen molar-refractivity contribution >= 4 is 34.8 Å². The van der Waals surface area contributed by atoms with Crippen LogP contribution in [-0.2, 0) is 0 Å². The van der Waals surface area contributed by atoms with Gasteiger partial charge in [-0.15, -0.1) is 0 Å². The van der Waals surface area contributed by atoms with Gasteiger partial charge in [0.25, 0.3) is 0 Å². The summed E-state index contributed by atoms with van der Waals surface area (Å²) in [6.07, 6.45) is 3.20. The molecule has 0 radical (unpaired) electrons. The third-order valence-corrected chi connectivity index (χ3v) is 3.30. The van der Waals surface area contributed by atoms with Crippen molar-refractivity contribution in [1.29, 1.82) is 0 Å². The standard InChI is InChI=1S/C12H8Cl3NO/c1-17-12-8(5-16-6-11(12)15)7-2-3-9(13)10(14)4-7/h2-6H,1H3. The Morgan fingerprint density at radius 3 is 2.41 bits per heavy atom. The van der Waals surface area contributed by atoms with Crippen LogP contribution < -0.4 is 4.74 Å². The number of benzene rings is 1. The molecule has 0 N–H and O–H groups in total. The van der Waals surface area contributed by atoms with Crippen LogP contribution in [0.2, 0.25) is 15.1 Å². The number of halogens is 3. The predicted molar refractivity (Wildman–Crippen MR) is 71.3 cm³/mol. The van der Waals surface area contributed by atoms with Gasteiger partial charge in [0.15, 0.2) is 0 Å². The molecule has 0 atom stereocenters. The molecule has 2 rings (SSSR count). The average molecular weight is 289 g/mol. The van der Waals surface area contributed by atoms with Crippen LogP contribution in [-0.4, -0.2) is 12.1 Å². The van der Waals surface area contributed by atoms with E-state index in [0.717, 1.165) is 11.1 Å². The van der Waals surface area contributed by atoms with Crippen LogP contribution in [0.5, 0.6) is 5.75 Å². The number of methoxy groups -OCH3 is 1. The van der Waals surface area contributed by atoms with E-state index in [9.17, 15) is 0 Å². The summed E-state index contributed by atoms with van der Waals surface area (Å²) < 4.78 is 5.25. The first-order chi connectivity index (χ1) is 8.13. The molecule has 0 fully saturated rings. The molecule has 0 saturated carbocycles. The lowest BCUT2D eigenvalue weighted by Crippen LogP contribution is -1.90. The molecule has 1 aromatic carbocycles. The Balaban J connectivity index is 2.60. The average Bonchev–Trinajstić information content (AvgIpc) is 2.32. The van der Waals surface area contributed by atoms with Gasteiger partial charge in [-0.1, -0.05) is 40.9 Å². The van der Waals surface area contributed by atoms with E-state index in [2.05, 4.69) is 4.98 Å². The second-order valence-corrected chi connectivity index (χ2v) is 4.55. The summed E-state index contributed by atoms with van der Waals surface area (Å²) in [7, 11) is 1.56. The van der Waals surface area contributed by atoms with Crippen molar-refractivity contribution < 1.29 is 4.74 Å². The van der Waals surface area contributed by atoms with Gasteiger partial charge in [0.05, 0.1) is 17.2 Å². The van der Waals surface area contributed by atoms with E-state index in [4.69, 9.17) is 39.5 Å². The van der Waals surface area contributed by atoms with Crippen LogP contribution in [0.1, 0.15) is 0 Å². The fourth-order valence-corrected chi connectivity index (χ4v) is 2.03. The maximum atomic E-state index is 6.00. The Kier molecular flexibility index (Phi) is 3.77. The van der Waals surface area contributed by atoms with E-state index >= 15 is 0 Å². The van der Waals surface area contributed by atoms with E-state index < -0.39 is 0 Å². The normalized spacial score (nSPS) is 10.4. The highest BCUT2D eigenvalue weighted by atomic mass is 35.5. The highest BCUT2D eigenvalue weighted by molar-refractivity contribution is 6.42. The summed E-state index contributed by atoms with van der Waals surface area (Å²) in [4.78, 5) is 4.03. The quantitative estimate of drug-likeness (QED) is 0.798. The first-order valence-corrected chi connectivity index (χ1v) is 5.89. The van der Waals surface area contributed by atoms with Crippen molar-refractivity contribution in [3.05, 3.63) is 45.7 Å². The van der Waals surface area contributed by atoms with Crippen LogP contribution in [0.4, 0.5) is 0 Å². The summed E-state index contributed by atoms with van der Waals surface area (Å²) >= 11 is 17.8. The molecule has 0 aliphatic rings. The van der Waals surface area contributed by atoms with Gasteiger partial charge in [-0.2, -0.15) is 0 Å². The Bertz CT molecular complexity index is 557. The van der Waals surface area contributed by atoms with Crippen LogP contribution in [0, 0.1) is 0 Å². The number of hydrogen-bond donors (Lipinski definition) is 0. The molecule has 0 saturated heterocycles. The maximum Gasteiger partial charge on any atom is 0.148 e. The fourth-order valence-electron chi connectivity index (χ4n) is 1.50. The lowest BCUT2D eigenvalue weighted by Gasteiger charge is -2.10. The molecule has 17 heavy (non-hydrogen) atoms. The molecule has 2 nitrogen and oxygen atoms in total. The highest BCUT2D eigenvalue weighted by Gasteiger charge is 2.11. The molecule has 0 aliphatic heterocycles. The second kappa shape index (κ2) is 5.13. The molecule has 0 unspecified atom stereocenters. The molecule has 0 aliphatic carbocycles. The predicted octanol–water partition coefficient (Wildman–Crippen LogP) is 4.72. The van der Waals surface area contributed by atoms with Gasteiger partial charge in [0.1, 0.15) is 10.8 Å². The van der Waals surface area contributed by atoms with Crippen molar-refractivity contribution in [3.63, 3.8) is 0 Å². The van der Waals surface area contributed by atoms with Crippen molar-refractivity contribution in [3.8, 4) is 16.9 Å². The number of aromatic nitrogens is 1. The number of pyridine rings is 1. The topological polar surface area (TPSA) is 22.1 Å². The summed E-state index contributed by atoms with van der Waals surface area (Å²) in [5.41, 5.74) is 1.63. The molecular weight excluding hydrogens is 280 g/mol. The van der Waals surface area contributed by atoms with Crippen molar-refractivity contribution in [2.45, 2.75) is 0 Å². The molecular formula is C12H8Cl3NO. The summed E-state index contributed by atoms with van der Waals surface area (Å²) in [5, 5.41) is 1.44. The number of rotatable bonds is 2. The third-order valence-electron chi connectivity index (χ3n) is 2.29. The Morgan fingerprint density at radius 2 is 1.76 bits per heavy atom. The summed E-state index contributed by atoms with van der Waals surface area (Å²) in [6.45, 7) is 0. The summed E-state index contributed by atoms with van der Waals surface area (Å²) in [5.74, 6) is 0.569. The largest absolute Gasteiger partial charge is 0.494 e. The van der Waals surface area contributed by atoms with Gasteiger partial charge in [0.2, 0.25) is 0 Å². The number of hydrogen-bond acceptors (Lipinski definition) is 2. The molecule has 0 amide bonds. The maximum absolute atomic E-state index is 6.00. The van der Waals surface area contributed by atoms with E-state index in [1.165, 1.54) is 6.20 Å². The molecule has 1 heterocycles. The minimum atomic E-state index is 0.455. The number of ether oxygens (including phenoxy) is 1. The smallest absolute Gasteiger partial charge is 0.148 e. The van der Waals surface area contributed by atoms with Gasteiger partial charge < -0.3 is 4.74 Å². The monoisotopic (exact) mass is 287 g/mol. The molecule has 0 spiro atoms. The van der Waals surface area contributed by atoms with E-state index in [1.807, 2.05) is 6.07 Å². The first-order valence-electron chi connectivity index (χ1n) is 4.76. The van der Waals surface area contributed by atoms with Gasteiger partial charge >= 0.3 is 0 Å². The highest BCUT2D eigenvalue weighted by Crippen LogP contribution is 2.37. The zero-order valence-corrected chi connectivity index (χ0v) is 11.1. The molecule has 0 bridgehead atoms. The van der Waals surface area contributed by atoms with Gasteiger partial charge in [-0.3, -0.25) is 4.98 Å². The minimum Gasteiger partial charge on any atom is -0.494 e. The Morgan fingerprint density at radius 1 is 1.00 bits per heavy atom. The number of nitrogens with zero attached hydrogens (tertiary/aromatic N) is 1. The van der Waals surface area contributed by atoms with Gasteiger partial charge in [-0.05, 0) is 17.7 Å². The lowest BCUT2D eigenvalue weighted by molar-refractivity contribution is 0.416. The minimum absolute atomic E-state index is 0.455. The molecule has 5 heteroatoms. The van der Waals surface area contributed by atoms with Gasteiger partial charge in [-0.25, -0.2) is 0 Å². The van der Waals surface area contributed by atoms with Crippen LogP contribution in [0.3, 0.4) is 0 Å². The van der Waals surface area contributed by atoms with Crippen LogP contribution in [0.15, 0.2) is 30.6 Å². The zero-order valence-electron chi connectivity index (χ0n) is 8.88. The van der Waals surface area contributed by atoms with E-state index in [1.54, 1.807) is 25.4 Å². The second-order valence-electron chi connectivity index (χ2n) is 3.33. The fraction of sp³-hybridized carbons (Fsp3) is 0.0833. The van der Waals surface area contributed by atoms with Crippen molar-refractivity contribution in [2.24, 2.45) is 0 Å². The van der Waals surface area contributed by atoms with E-state index in [0.29, 0.717) is 20.8 Å². The Hall–Kier alpha value is -0.960.